The van der Waals surface area contributed by atoms with E-state index in [1.807, 2.05) is 30.3 Å². The maximum atomic E-state index is 9.18. The lowest BCUT2D eigenvalue weighted by molar-refractivity contribution is 0.277. The van der Waals surface area contributed by atoms with Gasteiger partial charge in [0.2, 0.25) is 0 Å². The number of halogens is 1. The van der Waals surface area contributed by atoms with E-state index in [9.17, 15) is 5.11 Å². The number of hydrogen-bond acceptors (Lipinski definition) is 4. The van der Waals surface area contributed by atoms with Crippen LogP contribution in [-0.2, 0) is 6.61 Å². The van der Waals surface area contributed by atoms with Gasteiger partial charge in [-0.05, 0) is 24.3 Å². The first-order valence-corrected chi connectivity index (χ1v) is 7.46. The fraction of sp³-hybridized carbons (Fsp3) is 0.312. The number of anilines is 2. The van der Waals surface area contributed by atoms with Gasteiger partial charge in [-0.2, -0.15) is 0 Å². The van der Waals surface area contributed by atoms with E-state index in [1.54, 1.807) is 6.20 Å². The van der Waals surface area contributed by atoms with Crippen molar-refractivity contribution in [3.63, 3.8) is 0 Å². The molecule has 5 heteroatoms. The van der Waals surface area contributed by atoms with Crippen molar-refractivity contribution >= 4 is 23.0 Å². The summed E-state index contributed by atoms with van der Waals surface area (Å²) in [7, 11) is 0. The molecule has 1 N–H and O–H groups in total. The molecule has 0 atom stereocenters. The summed E-state index contributed by atoms with van der Waals surface area (Å²) >= 11 is 6.26. The predicted octanol–water partition coefficient (Wildman–Crippen LogP) is 2.55. The smallest absolute Gasteiger partial charge is 0.0853 e. The highest BCUT2D eigenvalue weighted by Crippen LogP contribution is 2.27. The van der Waals surface area contributed by atoms with Crippen LogP contribution in [0.2, 0.25) is 5.02 Å². The van der Waals surface area contributed by atoms with Crippen LogP contribution in [0.25, 0.3) is 0 Å². The lowest BCUT2D eigenvalue weighted by atomic mass is 10.2. The summed E-state index contributed by atoms with van der Waals surface area (Å²) in [6.45, 7) is 3.70. The van der Waals surface area contributed by atoms with E-state index in [2.05, 4.69) is 20.9 Å². The number of aliphatic hydroxyl groups excluding tert-OH is 1. The molecule has 0 spiro atoms. The van der Waals surface area contributed by atoms with Crippen molar-refractivity contribution in [3.05, 3.63) is 53.3 Å². The van der Waals surface area contributed by atoms with Crippen molar-refractivity contribution in [2.24, 2.45) is 0 Å². The standard InChI is InChI=1S/C16H18ClN3O/c17-15-3-1-2-4-16(15)20-9-7-19(8-10-20)14-5-6-18-13(11-14)12-21/h1-6,11,21H,7-10,12H2. The molecule has 0 amide bonds. The monoisotopic (exact) mass is 303 g/mol. The number of nitrogens with zero attached hydrogens (tertiary/aromatic N) is 3. The minimum absolute atomic E-state index is 0.0204. The first-order valence-electron chi connectivity index (χ1n) is 7.08. The fourth-order valence-electron chi connectivity index (χ4n) is 2.66. The molecule has 1 fully saturated rings. The van der Waals surface area contributed by atoms with Crippen molar-refractivity contribution in [2.45, 2.75) is 6.61 Å². The van der Waals surface area contributed by atoms with E-state index in [1.165, 1.54) is 0 Å². The topological polar surface area (TPSA) is 39.6 Å². The highest BCUT2D eigenvalue weighted by atomic mass is 35.5. The van der Waals surface area contributed by atoms with Crippen molar-refractivity contribution in [1.29, 1.82) is 0 Å². The highest BCUT2D eigenvalue weighted by Gasteiger charge is 2.19. The van der Waals surface area contributed by atoms with E-state index < -0.39 is 0 Å². The van der Waals surface area contributed by atoms with Crippen LogP contribution >= 0.6 is 11.6 Å². The van der Waals surface area contributed by atoms with Gasteiger partial charge in [0.05, 0.1) is 23.0 Å². The second-order valence-corrected chi connectivity index (χ2v) is 5.50. The molecule has 0 bridgehead atoms. The number of pyridine rings is 1. The molecule has 1 saturated heterocycles. The summed E-state index contributed by atoms with van der Waals surface area (Å²) in [5.41, 5.74) is 2.93. The first-order chi connectivity index (χ1) is 10.3. The van der Waals surface area contributed by atoms with Crippen molar-refractivity contribution < 1.29 is 5.11 Å². The molecule has 110 valence electrons. The van der Waals surface area contributed by atoms with Gasteiger partial charge in [-0.15, -0.1) is 0 Å². The Morgan fingerprint density at radius 1 is 1.05 bits per heavy atom. The third-order valence-electron chi connectivity index (χ3n) is 3.80. The van der Waals surface area contributed by atoms with E-state index in [0.717, 1.165) is 42.6 Å². The zero-order valence-electron chi connectivity index (χ0n) is 11.7. The number of benzene rings is 1. The Kier molecular flexibility index (Phi) is 4.27. The van der Waals surface area contributed by atoms with Gasteiger partial charge < -0.3 is 14.9 Å². The Morgan fingerprint density at radius 2 is 1.76 bits per heavy atom. The predicted molar refractivity (Wildman–Crippen MR) is 86.0 cm³/mol. The number of para-hydroxylation sites is 1. The Morgan fingerprint density at radius 3 is 2.48 bits per heavy atom. The molecule has 21 heavy (non-hydrogen) atoms. The molecule has 1 aromatic heterocycles. The van der Waals surface area contributed by atoms with Gasteiger partial charge in [-0.1, -0.05) is 23.7 Å². The summed E-state index contributed by atoms with van der Waals surface area (Å²) in [5.74, 6) is 0. The lowest BCUT2D eigenvalue weighted by Crippen LogP contribution is -2.46. The normalized spacial score (nSPS) is 15.3. The molecular weight excluding hydrogens is 286 g/mol. The van der Waals surface area contributed by atoms with Gasteiger partial charge in [-0.25, -0.2) is 0 Å². The molecule has 2 heterocycles. The summed E-state index contributed by atoms with van der Waals surface area (Å²) < 4.78 is 0. The van der Waals surface area contributed by atoms with E-state index in [0.29, 0.717) is 5.69 Å². The Hall–Kier alpha value is -1.78. The molecule has 1 aliphatic rings. The number of piperazine rings is 1. The van der Waals surface area contributed by atoms with Crippen LogP contribution in [0.15, 0.2) is 42.6 Å². The van der Waals surface area contributed by atoms with Crippen LogP contribution in [-0.4, -0.2) is 36.3 Å². The van der Waals surface area contributed by atoms with Gasteiger partial charge in [0, 0.05) is 38.1 Å². The summed E-state index contributed by atoms with van der Waals surface area (Å²) in [5, 5.41) is 9.98. The maximum absolute atomic E-state index is 9.18. The lowest BCUT2D eigenvalue weighted by Gasteiger charge is -2.37. The Balaban J connectivity index is 1.69. The van der Waals surface area contributed by atoms with E-state index in [-0.39, 0.29) is 6.61 Å². The molecule has 0 aliphatic carbocycles. The zero-order chi connectivity index (χ0) is 14.7. The highest BCUT2D eigenvalue weighted by molar-refractivity contribution is 6.33. The summed E-state index contributed by atoms with van der Waals surface area (Å²) in [6.07, 6.45) is 1.75. The molecule has 0 radical (unpaired) electrons. The van der Waals surface area contributed by atoms with E-state index >= 15 is 0 Å². The quantitative estimate of drug-likeness (QED) is 0.946. The van der Waals surface area contributed by atoms with E-state index in [4.69, 9.17) is 11.6 Å². The average molecular weight is 304 g/mol. The second-order valence-electron chi connectivity index (χ2n) is 5.09. The molecule has 3 rings (SSSR count). The van der Waals surface area contributed by atoms with Crippen molar-refractivity contribution in [1.82, 2.24) is 4.98 Å². The average Bonchev–Trinajstić information content (AvgIpc) is 2.56. The van der Waals surface area contributed by atoms with Gasteiger partial charge in [0.1, 0.15) is 0 Å². The van der Waals surface area contributed by atoms with Crippen LogP contribution in [0.5, 0.6) is 0 Å². The number of aromatic nitrogens is 1. The molecule has 1 aliphatic heterocycles. The zero-order valence-corrected chi connectivity index (χ0v) is 12.5. The van der Waals surface area contributed by atoms with Crippen LogP contribution in [0, 0.1) is 0 Å². The first kappa shape index (κ1) is 14.2. The minimum atomic E-state index is -0.0204. The molecule has 0 unspecified atom stereocenters. The molecular formula is C16H18ClN3O. The number of hydrogen-bond donors (Lipinski definition) is 1. The van der Waals surface area contributed by atoms with Crippen LogP contribution in [0.4, 0.5) is 11.4 Å². The van der Waals surface area contributed by atoms with Crippen molar-refractivity contribution in [3.8, 4) is 0 Å². The molecule has 1 aromatic carbocycles. The maximum Gasteiger partial charge on any atom is 0.0853 e. The third kappa shape index (κ3) is 3.12. The number of rotatable bonds is 3. The van der Waals surface area contributed by atoms with Crippen LogP contribution in [0.3, 0.4) is 0 Å². The van der Waals surface area contributed by atoms with Gasteiger partial charge >= 0.3 is 0 Å². The Bertz CT molecular complexity index is 612. The Labute approximate surface area is 129 Å². The summed E-state index contributed by atoms with van der Waals surface area (Å²) in [6, 6.07) is 11.9. The van der Waals surface area contributed by atoms with Crippen LogP contribution < -0.4 is 9.80 Å². The van der Waals surface area contributed by atoms with Gasteiger partial charge in [0.15, 0.2) is 0 Å². The third-order valence-corrected chi connectivity index (χ3v) is 4.12. The second kappa shape index (κ2) is 6.33. The minimum Gasteiger partial charge on any atom is -0.390 e. The fourth-order valence-corrected chi connectivity index (χ4v) is 2.92. The SMILES string of the molecule is OCc1cc(N2CCN(c3ccccc3Cl)CC2)ccn1. The van der Waals surface area contributed by atoms with Crippen molar-refractivity contribution in [2.75, 3.05) is 36.0 Å². The number of aliphatic hydroxyl groups is 1. The van der Waals surface area contributed by atoms with Gasteiger partial charge in [-0.3, -0.25) is 4.98 Å². The van der Waals surface area contributed by atoms with Gasteiger partial charge in [0.25, 0.3) is 0 Å². The van der Waals surface area contributed by atoms with Crippen LogP contribution in [0.1, 0.15) is 5.69 Å². The molecule has 2 aromatic rings. The molecule has 0 saturated carbocycles. The largest absolute Gasteiger partial charge is 0.390 e. The molecule has 4 nitrogen and oxygen atoms in total. The summed E-state index contributed by atoms with van der Waals surface area (Å²) in [4.78, 5) is 8.75.